The maximum absolute atomic E-state index is 12.0. The van der Waals surface area contributed by atoms with E-state index in [4.69, 9.17) is 5.73 Å². The molecule has 1 aromatic rings. The molecule has 0 saturated carbocycles. The summed E-state index contributed by atoms with van der Waals surface area (Å²) in [5, 5.41) is 0. The molecule has 0 saturated heterocycles. The van der Waals surface area contributed by atoms with Gasteiger partial charge >= 0.3 is 6.18 Å². The summed E-state index contributed by atoms with van der Waals surface area (Å²) in [6.07, 6.45) is -4.39. The van der Waals surface area contributed by atoms with Crippen LogP contribution >= 0.6 is 0 Å². The van der Waals surface area contributed by atoms with Gasteiger partial charge in [-0.2, -0.15) is 13.2 Å². The van der Waals surface area contributed by atoms with E-state index in [1.165, 1.54) is 0 Å². The van der Waals surface area contributed by atoms with E-state index in [0.717, 1.165) is 16.7 Å². The molecule has 4 heteroatoms. The maximum atomic E-state index is 12.0. The third-order valence-corrected chi connectivity index (χ3v) is 2.89. The molecule has 0 aliphatic heterocycles. The fourth-order valence-corrected chi connectivity index (χ4v) is 2.08. The van der Waals surface area contributed by atoms with Gasteiger partial charge in [0.05, 0.1) is 0 Å². The Morgan fingerprint density at radius 3 is 2.18 bits per heavy atom. The third-order valence-electron chi connectivity index (χ3n) is 2.89. The summed E-state index contributed by atoms with van der Waals surface area (Å²) in [5.41, 5.74) is 9.03. The lowest BCUT2D eigenvalue weighted by atomic mass is 9.93. The molecule has 1 nitrogen and oxygen atoms in total. The Balaban J connectivity index is 2.61. The van der Waals surface area contributed by atoms with Crippen molar-refractivity contribution in [3.63, 3.8) is 0 Å². The van der Waals surface area contributed by atoms with Crippen molar-refractivity contribution < 1.29 is 13.2 Å². The van der Waals surface area contributed by atoms with Gasteiger partial charge in [0.1, 0.15) is 0 Å². The summed E-state index contributed by atoms with van der Waals surface area (Å²) in [6.45, 7) is 3.87. The van der Waals surface area contributed by atoms with E-state index < -0.39 is 12.6 Å². The predicted octanol–water partition coefficient (Wildman–Crippen LogP) is 4.04. The van der Waals surface area contributed by atoms with Crippen molar-refractivity contribution >= 4 is 0 Å². The fraction of sp³-hybridized carbons (Fsp3) is 0.538. The Bertz CT molecular complexity index is 351. The summed E-state index contributed by atoms with van der Waals surface area (Å²) >= 11 is 0. The molecule has 0 heterocycles. The largest absolute Gasteiger partial charge is 0.389 e. The van der Waals surface area contributed by atoms with Crippen molar-refractivity contribution in [1.82, 2.24) is 0 Å². The topological polar surface area (TPSA) is 26.0 Å². The van der Waals surface area contributed by atoms with Gasteiger partial charge in [-0.25, -0.2) is 0 Å². The molecule has 0 amide bonds. The van der Waals surface area contributed by atoms with Gasteiger partial charge in [0.2, 0.25) is 0 Å². The second-order valence-electron chi connectivity index (χ2n) is 4.42. The molecule has 0 aliphatic rings. The molecule has 1 aromatic carbocycles. The van der Waals surface area contributed by atoms with Gasteiger partial charge in [-0.05, 0) is 43.4 Å². The van der Waals surface area contributed by atoms with Crippen LogP contribution in [0.25, 0.3) is 0 Å². The highest BCUT2D eigenvalue weighted by Crippen LogP contribution is 2.27. The highest BCUT2D eigenvalue weighted by Gasteiger charge is 2.26. The molecule has 0 bridgehead atoms. The van der Waals surface area contributed by atoms with E-state index in [0.29, 0.717) is 6.42 Å². The lowest BCUT2D eigenvalue weighted by molar-refractivity contribution is -0.135. The first-order valence-corrected chi connectivity index (χ1v) is 5.69. The van der Waals surface area contributed by atoms with Gasteiger partial charge in [-0.3, -0.25) is 0 Å². The highest BCUT2D eigenvalue weighted by molar-refractivity contribution is 5.35. The number of halogens is 3. The zero-order valence-corrected chi connectivity index (χ0v) is 10.1. The summed E-state index contributed by atoms with van der Waals surface area (Å²) in [5.74, 6) is 0. The molecule has 0 fully saturated rings. The minimum Gasteiger partial charge on any atom is -0.324 e. The molecule has 1 unspecified atom stereocenters. The lowest BCUT2D eigenvalue weighted by Crippen LogP contribution is -2.15. The molecule has 2 N–H and O–H groups in total. The first-order chi connectivity index (χ1) is 7.81. The van der Waals surface area contributed by atoms with Crippen LogP contribution in [-0.2, 0) is 0 Å². The first kappa shape index (κ1) is 14.0. The van der Waals surface area contributed by atoms with Crippen LogP contribution in [0, 0.1) is 13.8 Å². The quantitative estimate of drug-likeness (QED) is 0.851. The van der Waals surface area contributed by atoms with E-state index in [-0.39, 0.29) is 12.5 Å². The molecular weight excluding hydrogens is 227 g/mol. The second-order valence-corrected chi connectivity index (χ2v) is 4.42. The molecule has 0 spiro atoms. The standard InChI is InChI=1S/C13H18F3N/c1-9-5-3-6-10(2)12(9)11(17)7-4-8-13(14,15)16/h3,5-6,11H,4,7-8,17H2,1-2H3. The van der Waals surface area contributed by atoms with Crippen LogP contribution in [0.3, 0.4) is 0 Å². The molecule has 1 atom stereocenters. The number of rotatable bonds is 4. The Morgan fingerprint density at radius 2 is 1.71 bits per heavy atom. The number of aryl methyl sites for hydroxylation is 2. The summed E-state index contributed by atoms with van der Waals surface area (Å²) in [4.78, 5) is 0. The molecule has 0 aromatic heterocycles. The van der Waals surface area contributed by atoms with Gasteiger partial charge < -0.3 is 5.73 Å². The van der Waals surface area contributed by atoms with Crippen LogP contribution in [0.15, 0.2) is 18.2 Å². The fourth-order valence-electron chi connectivity index (χ4n) is 2.08. The maximum Gasteiger partial charge on any atom is 0.389 e. The number of benzene rings is 1. The minimum atomic E-state index is -4.08. The molecule has 17 heavy (non-hydrogen) atoms. The predicted molar refractivity (Wildman–Crippen MR) is 62.8 cm³/mol. The molecule has 0 radical (unpaired) electrons. The average molecular weight is 245 g/mol. The SMILES string of the molecule is Cc1cccc(C)c1C(N)CCCC(F)(F)F. The smallest absolute Gasteiger partial charge is 0.324 e. The second kappa shape index (κ2) is 5.54. The van der Waals surface area contributed by atoms with Crippen molar-refractivity contribution in [2.75, 3.05) is 0 Å². The van der Waals surface area contributed by atoms with E-state index in [1.54, 1.807) is 0 Å². The van der Waals surface area contributed by atoms with Gasteiger partial charge in [0, 0.05) is 12.5 Å². The first-order valence-electron chi connectivity index (χ1n) is 5.69. The van der Waals surface area contributed by atoms with Gasteiger partial charge in [-0.15, -0.1) is 0 Å². The summed E-state index contributed by atoms with van der Waals surface area (Å²) in [7, 11) is 0. The van der Waals surface area contributed by atoms with Crippen molar-refractivity contribution in [3.8, 4) is 0 Å². The zero-order valence-electron chi connectivity index (χ0n) is 10.1. The average Bonchev–Trinajstić information content (AvgIpc) is 2.15. The minimum absolute atomic E-state index is 0.0818. The monoisotopic (exact) mass is 245 g/mol. The van der Waals surface area contributed by atoms with Crippen LogP contribution in [0.4, 0.5) is 13.2 Å². The lowest BCUT2D eigenvalue weighted by Gasteiger charge is -2.17. The van der Waals surface area contributed by atoms with Crippen LogP contribution in [0.5, 0.6) is 0 Å². The van der Waals surface area contributed by atoms with Crippen LogP contribution in [0.1, 0.15) is 42.0 Å². The normalized spacial score (nSPS) is 13.8. The molecule has 1 rings (SSSR count). The number of hydrogen-bond acceptors (Lipinski definition) is 1. The van der Waals surface area contributed by atoms with Gasteiger partial charge in [0.15, 0.2) is 0 Å². The number of nitrogens with two attached hydrogens (primary N) is 1. The van der Waals surface area contributed by atoms with Gasteiger partial charge in [0.25, 0.3) is 0 Å². The van der Waals surface area contributed by atoms with Crippen LogP contribution in [0.2, 0.25) is 0 Å². The van der Waals surface area contributed by atoms with Gasteiger partial charge in [-0.1, -0.05) is 18.2 Å². The number of hydrogen-bond donors (Lipinski definition) is 1. The van der Waals surface area contributed by atoms with Crippen molar-refractivity contribution in [2.45, 2.75) is 45.3 Å². The Hall–Kier alpha value is -1.03. The van der Waals surface area contributed by atoms with Crippen LogP contribution in [-0.4, -0.2) is 6.18 Å². The van der Waals surface area contributed by atoms with E-state index in [1.807, 2.05) is 32.0 Å². The highest BCUT2D eigenvalue weighted by atomic mass is 19.4. The molecule has 0 aliphatic carbocycles. The van der Waals surface area contributed by atoms with E-state index in [2.05, 4.69) is 0 Å². The van der Waals surface area contributed by atoms with E-state index >= 15 is 0 Å². The number of alkyl halides is 3. The Morgan fingerprint density at radius 1 is 1.18 bits per heavy atom. The van der Waals surface area contributed by atoms with E-state index in [9.17, 15) is 13.2 Å². The van der Waals surface area contributed by atoms with Crippen molar-refractivity contribution in [2.24, 2.45) is 5.73 Å². The Labute approximate surface area is 99.8 Å². The van der Waals surface area contributed by atoms with Crippen molar-refractivity contribution in [1.29, 1.82) is 0 Å². The van der Waals surface area contributed by atoms with Crippen molar-refractivity contribution in [3.05, 3.63) is 34.9 Å². The molecular formula is C13H18F3N. The zero-order chi connectivity index (χ0) is 13.1. The van der Waals surface area contributed by atoms with Crippen LogP contribution < -0.4 is 5.73 Å². The Kier molecular flexibility index (Phi) is 4.57. The third kappa shape index (κ3) is 4.38. The summed E-state index contributed by atoms with van der Waals surface area (Å²) < 4.78 is 36.1. The molecule has 96 valence electrons. The summed E-state index contributed by atoms with van der Waals surface area (Å²) in [6, 6.07) is 5.49.